The summed E-state index contributed by atoms with van der Waals surface area (Å²) in [6.07, 6.45) is 2.28. The highest BCUT2D eigenvalue weighted by atomic mass is 32.1. The van der Waals surface area contributed by atoms with Crippen molar-refractivity contribution in [2.75, 3.05) is 29.9 Å². The lowest BCUT2D eigenvalue weighted by atomic mass is 10.1. The normalized spacial score (nSPS) is 20.1. The van der Waals surface area contributed by atoms with Gasteiger partial charge in [-0.2, -0.15) is 0 Å². The van der Waals surface area contributed by atoms with Crippen LogP contribution in [0.1, 0.15) is 53.7 Å². The fourth-order valence-electron chi connectivity index (χ4n) is 4.51. The van der Waals surface area contributed by atoms with E-state index >= 15 is 0 Å². The molecule has 0 radical (unpaired) electrons. The molecule has 2 amide bonds. The second kappa shape index (κ2) is 11.4. The van der Waals surface area contributed by atoms with Crippen LogP contribution in [0.5, 0.6) is 11.5 Å². The van der Waals surface area contributed by atoms with E-state index in [0.717, 1.165) is 41.4 Å². The second-order valence-electron chi connectivity index (χ2n) is 10.2. The average molecular weight is 572 g/mol. The molecule has 0 spiro atoms. The van der Waals surface area contributed by atoms with Crippen molar-refractivity contribution in [2.24, 2.45) is 5.92 Å². The van der Waals surface area contributed by atoms with Crippen LogP contribution in [0.3, 0.4) is 0 Å². The summed E-state index contributed by atoms with van der Waals surface area (Å²) >= 11 is 1.14. The topological polar surface area (TPSA) is 106 Å². The minimum absolute atomic E-state index is 0.00412. The molecule has 212 valence electrons. The average Bonchev–Trinajstić information content (AvgIpc) is 3.21. The highest BCUT2D eigenvalue weighted by Gasteiger charge is 2.57. The van der Waals surface area contributed by atoms with Crippen molar-refractivity contribution >= 4 is 34.1 Å². The first-order valence-corrected chi connectivity index (χ1v) is 13.9. The van der Waals surface area contributed by atoms with E-state index in [0.29, 0.717) is 28.0 Å². The first kappa shape index (κ1) is 27.8. The first-order valence-electron chi connectivity index (χ1n) is 13.1. The molecular formula is C28H31F2N5O4S. The smallest absolute Gasteiger partial charge is 0.263 e. The lowest BCUT2D eigenvalue weighted by molar-refractivity contribution is -0.114. The van der Waals surface area contributed by atoms with E-state index in [1.165, 1.54) is 6.92 Å². The molecule has 1 saturated heterocycles. The molecule has 3 aromatic rings. The Morgan fingerprint density at radius 2 is 1.93 bits per heavy atom. The molecule has 0 unspecified atom stereocenters. The predicted octanol–water partition coefficient (Wildman–Crippen LogP) is 4.99. The summed E-state index contributed by atoms with van der Waals surface area (Å²) in [6.45, 7) is 6.49. The Labute approximate surface area is 234 Å². The van der Waals surface area contributed by atoms with Crippen LogP contribution < -0.4 is 25.0 Å². The van der Waals surface area contributed by atoms with Gasteiger partial charge in [0.15, 0.2) is 5.13 Å². The summed E-state index contributed by atoms with van der Waals surface area (Å²) in [4.78, 5) is 35.3. The van der Waals surface area contributed by atoms with Gasteiger partial charge in [0.05, 0.1) is 37.0 Å². The SMILES string of the molecule is CC(=O)Nc1nc(C)c(C(=O)N[C@@H](C)c2ccc(O[C@@H]3CCN(c4ccc(OC[C@H]5CC5(F)F)cn4)C3)cc2)s1. The summed E-state index contributed by atoms with van der Waals surface area (Å²) in [5.41, 5.74) is 1.49. The van der Waals surface area contributed by atoms with Gasteiger partial charge < -0.3 is 25.0 Å². The zero-order valence-electron chi connectivity index (χ0n) is 22.4. The maximum Gasteiger partial charge on any atom is 0.263 e. The van der Waals surface area contributed by atoms with E-state index in [2.05, 4.69) is 25.5 Å². The zero-order valence-corrected chi connectivity index (χ0v) is 23.3. The zero-order chi connectivity index (χ0) is 28.4. The van der Waals surface area contributed by atoms with Crippen LogP contribution in [0.4, 0.5) is 19.7 Å². The number of nitrogens with one attached hydrogen (secondary N) is 2. The Balaban J connectivity index is 1.09. The number of pyridine rings is 1. The molecule has 2 fully saturated rings. The number of anilines is 2. The monoisotopic (exact) mass is 571 g/mol. The number of aromatic nitrogens is 2. The van der Waals surface area contributed by atoms with Gasteiger partial charge in [-0.05, 0) is 43.7 Å². The van der Waals surface area contributed by atoms with Gasteiger partial charge in [0.25, 0.3) is 11.8 Å². The minimum atomic E-state index is -2.59. The Kier molecular flexibility index (Phi) is 7.88. The molecule has 1 aliphatic heterocycles. The second-order valence-corrected chi connectivity index (χ2v) is 11.2. The molecule has 9 nitrogen and oxygen atoms in total. The summed E-state index contributed by atoms with van der Waals surface area (Å²) in [5, 5.41) is 5.99. The van der Waals surface area contributed by atoms with Crippen molar-refractivity contribution < 1.29 is 27.8 Å². The molecule has 1 aliphatic carbocycles. The number of amides is 2. The van der Waals surface area contributed by atoms with Gasteiger partial charge in [-0.15, -0.1) is 0 Å². The number of benzene rings is 1. The van der Waals surface area contributed by atoms with Crippen LogP contribution >= 0.6 is 11.3 Å². The van der Waals surface area contributed by atoms with Gasteiger partial charge in [-0.3, -0.25) is 9.59 Å². The largest absolute Gasteiger partial charge is 0.491 e. The Bertz CT molecular complexity index is 1370. The van der Waals surface area contributed by atoms with Crippen LogP contribution in [0.15, 0.2) is 42.6 Å². The lowest BCUT2D eigenvalue weighted by Crippen LogP contribution is -2.26. The predicted molar refractivity (Wildman–Crippen MR) is 148 cm³/mol. The Hall–Kier alpha value is -3.80. The fourth-order valence-corrected chi connectivity index (χ4v) is 5.42. The number of ether oxygens (including phenoxy) is 2. The third-order valence-electron chi connectivity index (χ3n) is 6.91. The summed E-state index contributed by atoms with van der Waals surface area (Å²) in [6, 6.07) is 11.0. The maximum atomic E-state index is 13.0. The highest BCUT2D eigenvalue weighted by molar-refractivity contribution is 7.17. The molecule has 2 aliphatic rings. The number of thiazole rings is 1. The number of carbonyl (C=O) groups is 2. The van der Waals surface area contributed by atoms with Crippen molar-refractivity contribution in [1.82, 2.24) is 15.3 Å². The van der Waals surface area contributed by atoms with E-state index in [1.807, 2.05) is 37.3 Å². The van der Waals surface area contributed by atoms with E-state index in [9.17, 15) is 18.4 Å². The number of alkyl halides is 2. The van der Waals surface area contributed by atoms with Crippen LogP contribution in [-0.2, 0) is 4.79 Å². The lowest BCUT2D eigenvalue weighted by Gasteiger charge is -2.19. The van der Waals surface area contributed by atoms with Gasteiger partial charge in [0.1, 0.15) is 28.3 Å². The maximum absolute atomic E-state index is 13.0. The molecule has 1 saturated carbocycles. The van der Waals surface area contributed by atoms with Crippen LogP contribution in [0.25, 0.3) is 0 Å². The molecule has 2 N–H and O–H groups in total. The van der Waals surface area contributed by atoms with E-state index in [1.54, 1.807) is 19.2 Å². The van der Waals surface area contributed by atoms with Crippen molar-refractivity contribution in [3.05, 3.63) is 58.7 Å². The molecule has 0 bridgehead atoms. The van der Waals surface area contributed by atoms with Crippen LogP contribution in [-0.4, -0.2) is 53.5 Å². The number of nitrogens with zero attached hydrogens (tertiary/aromatic N) is 3. The number of hydrogen-bond donors (Lipinski definition) is 2. The molecule has 1 aromatic carbocycles. The Morgan fingerprint density at radius 1 is 1.20 bits per heavy atom. The summed E-state index contributed by atoms with van der Waals surface area (Å²) in [7, 11) is 0. The standard InChI is InChI=1S/C28H31F2N5O4S/c1-16(32-26(37)25-17(2)33-27(40-25)34-18(3)36)19-4-6-21(7-5-19)39-23-10-11-35(14-23)24-9-8-22(13-31-24)38-15-20-12-28(20,29)30/h4-9,13,16,20,23H,10-12,14-15H2,1-3H3,(H,32,37)(H,33,34,36)/t16-,20+,23+/m0/s1. The molecule has 40 heavy (non-hydrogen) atoms. The van der Waals surface area contributed by atoms with Gasteiger partial charge in [-0.25, -0.2) is 18.7 Å². The third kappa shape index (κ3) is 6.67. The van der Waals surface area contributed by atoms with E-state index in [-0.39, 0.29) is 37.0 Å². The van der Waals surface area contributed by atoms with Crippen molar-refractivity contribution in [2.45, 2.75) is 51.7 Å². The number of halogens is 2. The van der Waals surface area contributed by atoms with E-state index in [4.69, 9.17) is 9.47 Å². The molecular weight excluding hydrogens is 540 g/mol. The molecule has 3 heterocycles. The fraction of sp³-hybridized carbons (Fsp3) is 0.429. The minimum Gasteiger partial charge on any atom is -0.491 e. The van der Waals surface area contributed by atoms with Crippen LogP contribution in [0.2, 0.25) is 0 Å². The highest BCUT2D eigenvalue weighted by Crippen LogP contribution is 2.48. The molecule has 2 aromatic heterocycles. The quantitative estimate of drug-likeness (QED) is 0.353. The first-order chi connectivity index (χ1) is 19.1. The molecule has 3 atom stereocenters. The molecule has 12 heteroatoms. The van der Waals surface area contributed by atoms with Gasteiger partial charge in [-0.1, -0.05) is 23.5 Å². The van der Waals surface area contributed by atoms with Crippen LogP contribution in [0, 0.1) is 12.8 Å². The summed E-state index contributed by atoms with van der Waals surface area (Å²) < 4.78 is 37.7. The van der Waals surface area contributed by atoms with Gasteiger partial charge in [0, 0.05) is 26.3 Å². The van der Waals surface area contributed by atoms with Gasteiger partial charge >= 0.3 is 0 Å². The van der Waals surface area contributed by atoms with Gasteiger partial charge in [0.2, 0.25) is 5.91 Å². The molecule has 5 rings (SSSR count). The number of hydrogen-bond acceptors (Lipinski definition) is 8. The third-order valence-corrected chi connectivity index (χ3v) is 7.98. The van der Waals surface area contributed by atoms with E-state index < -0.39 is 11.8 Å². The number of carbonyl (C=O) groups excluding carboxylic acids is 2. The van der Waals surface area contributed by atoms with Crippen molar-refractivity contribution in [3.63, 3.8) is 0 Å². The number of aryl methyl sites for hydroxylation is 1. The Morgan fingerprint density at radius 3 is 2.58 bits per heavy atom. The van der Waals surface area contributed by atoms with Crippen molar-refractivity contribution in [1.29, 1.82) is 0 Å². The summed E-state index contributed by atoms with van der Waals surface area (Å²) in [5.74, 6) is -1.76. The van der Waals surface area contributed by atoms with Crippen molar-refractivity contribution in [3.8, 4) is 11.5 Å². The number of rotatable bonds is 10.